The lowest BCUT2D eigenvalue weighted by atomic mass is 10.1. The first-order chi connectivity index (χ1) is 8.81. The maximum absolute atomic E-state index is 12.0. The summed E-state index contributed by atoms with van der Waals surface area (Å²) in [4.78, 5) is 4.29. The number of hydrogen-bond acceptors (Lipinski definition) is 5. The van der Waals surface area contributed by atoms with Crippen LogP contribution >= 0.6 is 0 Å². The van der Waals surface area contributed by atoms with E-state index in [0.29, 0.717) is 23.3 Å². The highest BCUT2D eigenvalue weighted by Gasteiger charge is 2.29. The highest BCUT2D eigenvalue weighted by atomic mass is 32.2. The minimum absolute atomic E-state index is 0.144. The van der Waals surface area contributed by atoms with Gasteiger partial charge in [-0.1, -0.05) is 5.16 Å². The molecule has 0 spiro atoms. The van der Waals surface area contributed by atoms with E-state index in [9.17, 15) is 4.21 Å². The molecule has 1 saturated carbocycles. The van der Waals surface area contributed by atoms with Crippen molar-refractivity contribution < 1.29 is 13.5 Å². The zero-order valence-electron chi connectivity index (χ0n) is 10.3. The molecule has 1 saturated heterocycles. The standard InChI is InChI=1S/C12H18N2O3S/c15-18(7-10-3-1-2-6-16-10)8-11-13-12(14-17-11)9-4-5-9/h9-10H,1-8H2. The van der Waals surface area contributed by atoms with Crippen molar-refractivity contribution in [1.29, 1.82) is 0 Å². The first kappa shape index (κ1) is 12.3. The molecule has 1 aliphatic carbocycles. The molecule has 3 rings (SSSR count). The molecule has 2 heterocycles. The van der Waals surface area contributed by atoms with Gasteiger partial charge in [0.2, 0.25) is 5.89 Å². The Morgan fingerprint density at radius 1 is 1.28 bits per heavy atom. The van der Waals surface area contributed by atoms with Crippen molar-refractivity contribution in [3.63, 3.8) is 0 Å². The molecule has 1 aromatic rings. The van der Waals surface area contributed by atoms with Crippen molar-refractivity contribution in [3.8, 4) is 0 Å². The van der Waals surface area contributed by atoms with Crippen LogP contribution in [0.5, 0.6) is 0 Å². The minimum Gasteiger partial charge on any atom is -0.377 e. The predicted molar refractivity (Wildman–Crippen MR) is 66.6 cm³/mol. The van der Waals surface area contributed by atoms with Gasteiger partial charge in [0.1, 0.15) is 5.75 Å². The van der Waals surface area contributed by atoms with Gasteiger partial charge in [-0.2, -0.15) is 4.98 Å². The van der Waals surface area contributed by atoms with Gasteiger partial charge in [-0.3, -0.25) is 4.21 Å². The molecule has 1 aromatic heterocycles. The SMILES string of the molecule is O=S(Cc1nc(C2CC2)no1)CC1CCCCO1. The van der Waals surface area contributed by atoms with Crippen LogP contribution in [-0.2, 0) is 21.3 Å². The van der Waals surface area contributed by atoms with Crippen molar-refractivity contribution in [1.82, 2.24) is 10.1 Å². The van der Waals surface area contributed by atoms with Crippen LogP contribution in [0.2, 0.25) is 0 Å². The van der Waals surface area contributed by atoms with E-state index in [1.54, 1.807) is 0 Å². The largest absolute Gasteiger partial charge is 0.377 e. The first-order valence-electron chi connectivity index (χ1n) is 6.60. The molecule has 0 amide bonds. The molecule has 0 N–H and O–H groups in total. The Balaban J connectivity index is 1.49. The fourth-order valence-electron chi connectivity index (χ4n) is 2.18. The van der Waals surface area contributed by atoms with Crippen molar-refractivity contribution in [3.05, 3.63) is 11.7 Å². The molecule has 1 aliphatic heterocycles. The van der Waals surface area contributed by atoms with Gasteiger partial charge in [0.15, 0.2) is 5.82 Å². The topological polar surface area (TPSA) is 65.2 Å². The second-order valence-corrected chi connectivity index (χ2v) is 6.56. The van der Waals surface area contributed by atoms with E-state index in [1.165, 1.54) is 6.42 Å². The third kappa shape index (κ3) is 3.17. The highest BCUT2D eigenvalue weighted by Crippen LogP contribution is 2.38. The Labute approximate surface area is 109 Å². The summed E-state index contributed by atoms with van der Waals surface area (Å²) in [6.45, 7) is 0.800. The molecule has 0 radical (unpaired) electrons. The van der Waals surface area contributed by atoms with Crippen LogP contribution in [0.25, 0.3) is 0 Å². The van der Waals surface area contributed by atoms with Crippen LogP contribution < -0.4 is 0 Å². The van der Waals surface area contributed by atoms with Crippen molar-refractivity contribution in [2.24, 2.45) is 0 Å². The Kier molecular flexibility index (Phi) is 3.75. The summed E-state index contributed by atoms with van der Waals surface area (Å²) in [5, 5.41) is 3.93. The highest BCUT2D eigenvalue weighted by molar-refractivity contribution is 7.84. The molecule has 2 fully saturated rings. The lowest BCUT2D eigenvalue weighted by Gasteiger charge is -2.21. The monoisotopic (exact) mass is 270 g/mol. The molecule has 18 heavy (non-hydrogen) atoms. The second kappa shape index (κ2) is 5.48. The molecule has 100 valence electrons. The average Bonchev–Trinajstić information content (AvgIpc) is 3.12. The summed E-state index contributed by atoms with van der Waals surface area (Å²) in [6, 6.07) is 0. The smallest absolute Gasteiger partial charge is 0.239 e. The third-order valence-electron chi connectivity index (χ3n) is 3.36. The van der Waals surface area contributed by atoms with Gasteiger partial charge in [-0.15, -0.1) is 0 Å². The van der Waals surface area contributed by atoms with E-state index < -0.39 is 10.8 Å². The average molecular weight is 270 g/mol. The number of aromatic nitrogens is 2. The van der Waals surface area contributed by atoms with E-state index >= 15 is 0 Å². The Bertz CT molecular complexity index is 425. The van der Waals surface area contributed by atoms with Crippen LogP contribution in [0.1, 0.15) is 49.7 Å². The van der Waals surface area contributed by atoms with Gasteiger partial charge >= 0.3 is 0 Å². The second-order valence-electron chi connectivity index (χ2n) is 5.06. The zero-order valence-corrected chi connectivity index (χ0v) is 11.2. The lowest BCUT2D eigenvalue weighted by molar-refractivity contribution is 0.0310. The van der Waals surface area contributed by atoms with Crippen LogP contribution in [0.3, 0.4) is 0 Å². The molecule has 2 aliphatic rings. The molecule has 2 atom stereocenters. The Hall–Kier alpha value is -0.750. The normalized spacial score (nSPS) is 26.1. The summed E-state index contributed by atoms with van der Waals surface area (Å²) in [6.07, 6.45) is 5.76. The number of nitrogens with zero attached hydrogens (tertiary/aromatic N) is 2. The molecular formula is C12H18N2O3S. The maximum Gasteiger partial charge on any atom is 0.239 e. The van der Waals surface area contributed by atoms with Gasteiger partial charge in [-0.25, -0.2) is 0 Å². The van der Waals surface area contributed by atoms with Crippen LogP contribution in [-0.4, -0.2) is 32.8 Å². The number of rotatable bonds is 5. The summed E-state index contributed by atoms with van der Waals surface area (Å²) >= 11 is 0. The molecule has 5 nitrogen and oxygen atoms in total. The molecule has 0 aromatic carbocycles. The van der Waals surface area contributed by atoms with Gasteiger partial charge in [0, 0.05) is 23.3 Å². The number of ether oxygens (including phenoxy) is 1. The predicted octanol–water partition coefficient (Wildman–Crippen LogP) is 1.76. The van der Waals surface area contributed by atoms with Crippen LogP contribution in [0.15, 0.2) is 4.52 Å². The van der Waals surface area contributed by atoms with Gasteiger partial charge in [-0.05, 0) is 32.1 Å². The zero-order chi connectivity index (χ0) is 12.4. The Morgan fingerprint density at radius 2 is 2.17 bits per heavy atom. The van der Waals surface area contributed by atoms with E-state index in [1.807, 2.05) is 0 Å². The first-order valence-corrected chi connectivity index (χ1v) is 8.09. The van der Waals surface area contributed by atoms with E-state index in [-0.39, 0.29) is 6.10 Å². The minimum atomic E-state index is -0.969. The third-order valence-corrected chi connectivity index (χ3v) is 4.67. The van der Waals surface area contributed by atoms with Crippen molar-refractivity contribution in [2.75, 3.05) is 12.4 Å². The summed E-state index contributed by atoms with van der Waals surface area (Å²) < 4.78 is 22.7. The fourth-order valence-corrected chi connectivity index (χ4v) is 3.36. The molecule has 2 unspecified atom stereocenters. The Morgan fingerprint density at radius 3 is 2.89 bits per heavy atom. The molecule has 0 bridgehead atoms. The molecule has 6 heteroatoms. The van der Waals surface area contributed by atoms with Crippen molar-refractivity contribution in [2.45, 2.75) is 49.9 Å². The van der Waals surface area contributed by atoms with E-state index in [0.717, 1.165) is 38.1 Å². The quantitative estimate of drug-likeness (QED) is 0.815. The van der Waals surface area contributed by atoms with Crippen LogP contribution in [0, 0.1) is 0 Å². The maximum atomic E-state index is 12.0. The van der Waals surface area contributed by atoms with Crippen LogP contribution in [0.4, 0.5) is 0 Å². The van der Waals surface area contributed by atoms with E-state index in [2.05, 4.69) is 10.1 Å². The van der Waals surface area contributed by atoms with Gasteiger partial charge in [0.25, 0.3) is 0 Å². The van der Waals surface area contributed by atoms with Gasteiger partial charge in [0.05, 0.1) is 11.9 Å². The summed E-state index contributed by atoms with van der Waals surface area (Å²) in [5.74, 6) is 2.72. The number of hydrogen-bond donors (Lipinski definition) is 0. The van der Waals surface area contributed by atoms with Crippen molar-refractivity contribution >= 4 is 10.8 Å². The van der Waals surface area contributed by atoms with E-state index in [4.69, 9.17) is 9.26 Å². The lowest BCUT2D eigenvalue weighted by Crippen LogP contribution is -2.25. The van der Waals surface area contributed by atoms with Gasteiger partial charge < -0.3 is 9.26 Å². The summed E-state index contributed by atoms with van der Waals surface area (Å²) in [5.41, 5.74) is 0. The fraction of sp³-hybridized carbons (Fsp3) is 0.833. The summed E-state index contributed by atoms with van der Waals surface area (Å²) in [7, 11) is -0.969. The molecular weight excluding hydrogens is 252 g/mol.